The van der Waals surface area contributed by atoms with Crippen molar-refractivity contribution >= 4 is 16.9 Å². The molecule has 5 rings (SSSR count). The van der Waals surface area contributed by atoms with Crippen LogP contribution in [0, 0.1) is 12.7 Å². The average molecular weight is 467 g/mol. The Labute approximate surface area is 201 Å². The van der Waals surface area contributed by atoms with E-state index in [9.17, 15) is 9.18 Å². The van der Waals surface area contributed by atoms with Crippen molar-refractivity contribution in [1.29, 1.82) is 0 Å². The molecule has 0 fully saturated rings. The molecule has 0 saturated heterocycles. The van der Waals surface area contributed by atoms with E-state index < -0.39 is 0 Å². The molecule has 35 heavy (non-hydrogen) atoms. The van der Waals surface area contributed by atoms with Crippen LogP contribution in [0.1, 0.15) is 28.3 Å². The highest BCUT2D eigenvalue weighted by molar-refractivity contribution is 5.98. The summed E-state index contributed by atoms with van der Waals surface area (Å²) in [5, 5.41) is 2.95. The second-order valence-electron chi connectivity index (χ2n) is 8.21. The zero-order valence-electron chi connectivity index (χ0n) is 19.1. The number of carbonyl (C=O) groups excluding carboxylic acids is 1. The lowest BCUT2D eigenvalue weighted by Crippen LogP contribution is -2.24. The molecule has 0 radical (unpaired) electrons. The number of nitrogens with one attached hydrogen (secondary N) is 2. The van der Waals surface area contributed by atoms with Gasteiger partial charge in [-0.1, -0.05) is 0 Å². The molecule has 0 unspecified atom stereocenters. The first-order valence-corrected chi connectivity index (χ1v) is 11.3. The van der Waals surface area contributed by atoms with Gasteiger partial charge in [-0.05, 0) is 67.9 Å². The minimum absolute atomic E-state index is 0.172. The third kappa shape index (κ3) is 5.06. The Morgan fingerprint density at radius 1 is 0.943 bits per heavy atom. The van der Waals surface area contributed by atoms with Gasteiger partial charge < -0.3 is 10.3 Å². The van der Waals surface area contributed by atoms with Gasteiger partial charge in [0.05, 0.1) is 22.4 Å². The highest BCUT2D eigenvalue weighted by Crippen LogP contribution is 2.31. The second kappa shape index (κ2) is 9.80. The summed E-state index contributed by atoms with van der Waals surface area (Å²) in [6.07, 6.45) is 6.78. The maximum absolute atomic E-state index is 13.5. The molecule has 0 atom stereocenters. The van der Waals surface area contributed by atoms with Crippen LogP contribution in [-0.2, 0) is 6.42 Å². The Kier molecular flexibility index (Phi) is 6.26. The largest absolute Gasteiger partial charge is 0.352 e. The number of pyridine rings is 1. The number of aromatic amines is 1. The first kappa shape index (κ1) is 22.3. The van der Waals surface area contributed by atoms with Crippen LogP contribution in [0.15, 0.2) is 73.2 Å². The fourth-order valence-corrected chi connectivity index (χ4v) is 3.81. The zero-order valence-corrected chi connectivity index (χ0v) is 19.1. The van der Waals surface area contributed by atoms with Gasteiger partial charge in [0.1, 0.15) is 11.6 Å². The van der Waals surface area contributed by atoms with Gasteiger partial charge in [-0.25, -0.2) is 19.3 Å². The van der Waals surface area contributed by atoms with E-state index in [0.717, 1.165) is 35.5 Å². The van der Waals surface area contributed by atoms with Crippen molar-refractivity contribution in [1.82, 2.24) is 30.2 Å². The molecule has 5 aromatic rings. The third-order valence-electron chi connectivity index (χ3n) is 5.66. The molecule has 2 aromatic carbocycles. The highest BCUT2D eigenvalue weighted by atomic mass is 19.1. The number of hydrogen-bond acceptors (Lipinski definition) is 5. The lowest BCUT2D eigenvalue weighted by molar-refractivity contribution is 0.0953. The van der Waals surface area contributed by atoms with Crippen LogP contribution in [-0.4, -0.2) is 37.4 Å². The normalized spacial score (nSPS) is 11.0. The molecule has 0 aliphatic heterocycles. The summed E-state index contributed by atoms with van der Waals surface area (Å²) in [6, 6.07) is 15.3. The van der Waals surface area contributed by atoms with Crippen molar-refractivity contribution in [2.45, 2.75) is 19.8 Å². The summed E-state index contributed by atoms with van der Waals surface area (Å²) < 4.78 is 13.5. The number of aryl methyl sites for hydroxylation is 2. The molecular formula is C27H23FN6O. The van der Waals surface area contributed by atoms with E-state index >= 15 is 0 Å². The SMILES string of the molecule is Cc1ccc(-c2nc3cc(C(=O)NCCCc4ncc[nH]4)ccc3nc2-c2ccc(F)cc2)cn1. The molecule has 2 N–H and O–H groups in total. The summed E-state index contributed by atoms with van der Waals surface area (Å²) in [5.74, 6) is 0.408. The van der Waals surface area contributed by atoms with Crippen molar-refractivity contribution in [3.63, 3.8) is 0 Å². The molecule has 3 heterocycles. The predicted octanol–water partition coefficient (Wildman–Crippen LogP) is 4.89. The van der Waals surface area contributed by atoms with Crippen LogP contribution in [0.3, 0.4) is 0 Å². The number of benzene rings is 2. The summed E-state index contributed by atoms with van der Waals surface area (Å²) >= 11 is 0. The summed E-state index contributed by atoms with van der Waals surface area (Å²) in [6.45, 7) is 2.45. The predicted molar refractivity (Wildman–Crippen MR) is 132 cm³/mol. The topological polar surface area (TPSA) is 96.5 Å². The van der Waals surface area contributed by atoms with Gasteiger partial charge in [-0.2, -0.15) is 0 Å². The molecule has 174 valence electrons. The monoisotopic (exact) mass is 466 g/mol. The molecule has 1 amide bonds. The van der Waals surface area contributed by atoms with E-state index in [2.05, 4.69) is 20.3 Å². The fraction of sp³-hybridized carbons (Fsp3) is 0.148. The summed E-state index contributed by atoms with van der Waals surface area (Å²) in [5.41, 5.74) is 5.40. The Balaban J connectivity index is 1.45. The van der Waals surface area contributed by atoms with Crippen molar-refractivity contribution in [2.24, 2.45) is 0 Å². The Morgan fingerprint density at radius 3 is 2.46 bits per heavy atom. The second-order valence-corrected chi connectivity index (χ2v) is 8.21. The number of nitrogens with zero attached hydrogens (tertiary/aromatic N) is 4. The smallest absolute Gasteiger partial charge is 0.251 e. The van der Waals surface area contributed by atoms with E-state index in [-0.39, 0.29) is 11.7 Å². The fourth-order valence-electron chi connectivity index (χ4n) is 3.81. The molecule has 3 aromatic heterocycles. The quantitative estimate of drug-likeness (QED) is 0.333. The third-order valence-corrected chi connectivity index (χ3v) is 5.66. The van der Waals surface area contributed by atoms with Crippen molar-refractivity contribution in [2.75, 3.05) is 6.54 Å². The first-order chi connectivity index (χ1) is 17.1. The van der Waals surface area contributed by atoms with Gasteiger partial charge in [0.15, 0.2) is 0 Å². The number of carbonyl (C=O) groups is 1. The Hall–Kier alpha value is -4.46. The lowest BCUT2D eigenvalue weighted by Gasteiger charge is -2.12. The van der Waals surface area contributed by atoms with Gasteiger partial charge in [0.2, 0.25) is 0 Å². The van der Waals surface area contributed by atoms with E-state index in [1.54, 1.807) is 48.9 Å². The maximum atomic E-state index is 13.5. The number of imidazole rings is 1. The number of fused-ring (bicyclic) bond motifs is 1. The zero-order chi connectivity index (χ0) is 24.2. The van der Waals surface area contributed by atoms with E-state index in [1.807, 2.05) is 19.1 Å². The number of halogens is 1. The number of aromatic nitrogens is 5. The van der Waals surface area contributed by atoms with Gasteiger partial charge in [-0.3, -0.25) is 9.78 Å². The number of H-pyrrole nitrogens is 1. The van der Waals surface area contributed by atoms with Gasteiger partial charge in [-0.15, -0.1) is 0 Å². The highest BCUT2D eigenvalue weighted by Gasteiger charge is 2.15. The van der Waals surface area contributed by atoms with Crippen molar-refractivity contribution < 1.29 is 9.18 Å². The Morgan fingerprint density at radius 2 is 1.71 bits per heavy atom. The van der Waals surface area contributed by atoms with Crippen LogP contribution in [0.4, 0.5) is 4.39 Å². The van der Waals surface area contributed by atoms with Gasteiger partial charge in [0.25, 0.3) is 5.91 Å². The molecule has 7 nitrogen and oxygen atoms in total. The Bertz CT molecular complexity index is 1460. The molecule has 0 aliphatic carbocycles. The molecule has 0 spiro atoms. The van der Waals surface area contributed by atoms with Gasteiger partial charge in [0, 0.05) is 53.9 Å². The van der Waals surface area contributed by atoms with E-state index in [0.29, 0.717) is 34.5 Å². The molecule has 0 aliphatic rings. The molecule has 8 heteroatoms. The number of amides is 1. The number of hydrogen-bond donors (Lipinski definition) is 2. The first-order valence-electron chi connectivity index (χ1n) is 11.3. The number of rotatable bonds is 7. The van der Waals surface area contributed by atoms with Crippen LogP contribution >= 0.6 is 0 Å². The maximum Gasteiger partial charge on any atom is 0.251 e. The molecular weight excluding hydrogens is 443 g/mol. The van der Waals surface area contributed by atoms with Gasteiger partial charge >= 0.3 is 0 Å². The molecule has 0 saturated carbocycles. The van der Waals surface area contributed by atoms with Crippen molar-refractivity contribution in [3.05, 3.63) is 96.1 Å². The van der Waals surface area contributed by atoms with E-state index in [4.69, 9.17) is 9.97 Å². The van der Waals surface area contributed by atoms with Crippen LogP contribution in [0.2, 0.25) is 0 Å². The minimum Gasteiger partial charge on any atom is -0.352 e. The minimum atomic E-state index is -0.319. The van der Waals surface area contributed by atoms with E-state index in [1.165, 1.54) is 12.1 Å². The average Bonchev–Trinajstić information content (AvgIpc) is 3.40. The summed E-state index contributed by atoms with van der Waals surface area (Å²) in [4.78, 5) is 34.1. The molecule has 0 bridgehead atoms. The van der Waals surface area contributed by atoms with Crippen molar-refractivity contribution in [3.8, 4) is 22.5 Å². The van der Waals surface area contributed by atoms with Crippen LogP contribution < -0.4 is 5.32 Å². The lowest BCUT2D eigenvalue weighted by atomic mass is 10.0. The van der Waals surface area contributed by atoms with Crippen LogP contribution in [0.25, 0.3) is 33.5 Å². The standard InChI is InChI=1S/C27H23FN6O/c1-17-4-5-20(16-32-17)26-25(18-6-9-21(28)10-7-18)33-22-11-8-19(15-23(22)34-26)27(35)31-12-2-3-24-29-13-14-30-24/h4-11,13-16H,2-3,12H2,1H3,(H,29,30)(H,31,35). The van der Waals surface area contributed by atoms with Crippen LogP contribution in [0.5, 0.6) is 0 Å². The summed E-state index contributed by atoms with van der Waals surface area (Å²) in [7, 11) is 0.